The second-order valence-corrected chi connectivity index (χ2v) is 6.64. The van der Waals surface area contributed by atoms with E-state index in [9.17, 15) is 0 Å². The van der Waals surface area contributed by atoms with Gasteiger partial charge in [-0.25, -0.2) is 0 Å². The second-order valence-electron chi connectivity index (χ2n) is 6.64. The molecule has 0 radical (unpaired) electrons. The van der Waals surface area contributed by atoms with Crippen molar-refractivity contribution < 1.29 is 4.52 Å². The van der Waals surface area contributed by atoms with E-state index in [1.54, 1.807) is 0 Å². The third-order valence-corrected chi connectivity index (χ3v) is 4.78. The molecular formula is C19H26N4O. The maximum Gasteiger partial charge on any atom is 0.193 e. The highest BCUT2D eigenvalue weighted by Gasteiger charge is 2.16. The van der Waals surface area contributed by atoms with Crippen LogP contribution in [-0.4, -0.2) is 17.7 Å². The molecule has 1 heterocycles. The quantitative estimate of drug-likeness (QED) is 0.663. The largest absolute Gasteiger partial charge is 0.370 e. The van der Waals surface area contributed by atoms with Gasteiger partial charge in [0.1, 0.15) is 5.76 Å². The minimum absolute atomic E-state index is 0.223. The number of aliphatic imine (C=N–C) groups is 1. The fraction of sp³-hybridized carbons (Fsp3) is 0.474. The molecule has 3 N–H and O–H groups in total. The summed E-state index contributed by atoms with van der Waals surface area (Å²) in [7, 11) is 0. The van der Waals surface area contributed by atoms with Crippen LogP contribution in [0.1, 0.15) is 53.8 Å². The zero-order valence-electron chi connectivity index (χ0n) is 14.7. The van der Waals surface area contributed by atoms with Crippen molar-refractivity contribution in [3.05, 3.63) is 46.3 Å². The van der Waals surface area contributed by atoms with Crippen molar-refractivity contribution in [3.63, 3.8) is 0 Å². The molecule has 5 nitrogen and oxygen atoms in total. The number of nitrogens with one attached hydrogen (secondary N) is 1. The highest BCUT2D eigenvalue weighted by Crippen LogP contribution is 2.28. The lowest BCUT2D eigenvalue weighted by Gasteiger charge is -2.20. The Hall–Kier alpha value is -2.30. The standard InChI is InChI=1S/C19H26N4O/c1-12(18-13(2)23-24-14(18)3)11-21-19(20)22-17-10-6-8-15-7-4-5-9-16(15)17/h6,8,10,12H,4-5,7,9,11H2,1-3H3,(H3,20,21,22). The Labute approximate surface area is 143 Å². The number of nitrogens with zero attached hydrogens (tertiary/aromatic N) is 2. The molecule has 24 heavy (non-hydrogen) atoms. The normalized spacial score (nSPS) is 15.9. The third-order valence-electron chi connectivity index (χ3n) is 4.78. The maximum atomic E-state index is 6.12. The number of guanidine groups is 1. The van der Waals surface area contributed by atoms with Crippen molar-refractivity contribution in [3.8, 4) is 0 Å². The fourth-order valence-electron chi connectivity index (χ4n) is 3.60. The predicted molar refractivity (Wildman–Crippen MR) is 97.6 cm³/mol. The van der Waals surface area contributed by atoms with Gasteiger partial charge in [-0.2, -0.15) is 0 Å². The highest BCUT2D eigenvalue weighted by atomic mass is 16.5. The predicted octanol–water partition coefficient (Wildman–Crippen LogP) is 3.70. The molecule has 1 aliphatic carbocycles. The fourth-order valence-corrected chi connectivity index (χ4v) is 3.60. The molecule has 1 aromatic heterocycles. The van der Waals surface area contributed by atoms with Crippen molar-refractivity contribution in [1.82, 2.24) is 5.16 Å². The van der Waals surface area contributed by atoms with Gasteiger partial charge in [0.15, 0.2) is 5.96 Å². The first-order valence-electron chi connectivity index (χ1n) is 8.66. The smallest absolute Gasteiger partial charge is 0.193 e. The Balaban J connectivity index is 1.69. The first-order chi connectivity index (χ1) is 11.6. The first kappa shape index (κ1) is 16.6. The van der Waals surface area contributed by atoms with Gasteiger partial charge in [-0.05, 0) is 56.7 Å². The van der Waals surface area contributed by atoms with Crippen LogP contribution in [0.2, 0.25) is 0 Å². The average molecular weight is 326 g/mol. The summed E-state index contributed by atoms with van der Waals surface area (Å²) in [6.45, 7) is 6.63. The van der Waals surface area contributed by atoms with E-state index in [2.05, 4.69) is 40.6 Å². The molecule has 0 saturated carbocycles. The summed E-state index contributed by atoms with van der Waals surface area (Å²) in [4.78, 5) is 4.52. The van der Waals surface area contributed by atoms with Gasteiger partial charge in [0, 0.05) is 23.7 Å². The third kappa shape index (κ3) is 3.45. The number of fused-ring (bicyclic) bond motifs is 1. The molecule has 0 aliphatic heterocycles. The van der Waals surface area contributed by atoms with Crippen LogP contribution in [0.4, 0.5) is 5.69 Å². The zero-order valence-corrected chi connectivity index (χ0v) is 14.7. The van der Waals surface area contributed by atoms with Crippen LogP contribution < -0.4 is 11.1 Å². The average Bonchev–Trinajstić information content (AvgIpc) is 2.92. The summed E-state index contributed by atoms with van der Waals surface area (Å²) >= 11 is 0. The topological polar surface area (TPSA) is 76.4 Å². The monoisotopic (exact) mass is 326 g/mol. The van der Waals surface area contributed by atoms with Gasteiger partial charge in [0.2, 0.25) is 0 Å². The molecule has 1 atom stereocenters. The lowest BCUT2D eigenvalue weighted by atomic mass is 9.90. The Morgan fingerprint density at radius 2 is 2.12 bits per heavy atom. The molecule has 5 heteroatoms. The summed E-state index contributed by atoms with van der Waals surface area (Å²) in [5, 5.41) is 7.30. The van der Waals surface area contributed by atoms with Gasteiger partial charge in [-0.15, -0.1) is 0 Å². The van der Waals surface area contributed by atoms with E-state index in [-0.39, 0.29) is 5.92 Å². The summed E-state index contributed by atoms with van der Waals surface area (Å²) in [6, 6.07) is 6.39. The molecule has 0 saturated heterocycles. The van der Waals surface area contributed by atoms with E-state index < -0.39 is 0 Å². The minimum atomic E-state index is 0.223. The van der Waals surface area contributed by atoms with Crippen LogP contribution in [0.3, 0.4) is 0 Å². The minimum Gasteiger partial charge on any atom is -0.370 e. The Kier molecular flexibility index (Phi) is 4.88. The molecule has 0 spiro atoms. The summed E-state index contributed by atoms with van der Waals surface area (Å²) in [5.74, 6) is 1.55. The van der Waals surface area contributed by atoms with Gasteiger partial charge >= 0.3 is 0 Å². The van der Waals surface area contributed by atoms with Crippen molar-refractivity contribution >= 4 is 11.6 Å². The molecule has 3 rings (SSSR count). The summed E-state index contributed by atoms with van der Waals surface area (Å²) in [5.41, 5.74) is 12.1. The molecule has 0 bridgehead atoms. The Bertz CT molecular complexity index is 728. The number of hydrogen-bond acceptors (Lipinski definition) is 3. The lowest BCUT2D eigenvalue weighted by Crippen LogP contribution is -2.24. The summed E-state index contributed by atoms with van der Waals surface area (Å²) < 4.78 is 5.24. The molecule has 128 valence electrons. The lowest BCUT2D eigenvalue weighted by molar-refractivity contribution is 0.391. The highest BCUT2D eigenvalue weighted by molar-refractivity contribution is 5.93. The van der Waals surface area contributed by atoms with E-state index in [4.69, 9.17) is 10.3 Å². The molecular weight excluding hydrogens is 300 g/mol. The number of rotatable bonds is 4. The van der Waals surface area contributed by atoms with E-state index >= 15 is 0 Å². The number of hydrogen-bond donors (Lipinski definition) is 2. The van der Waals surface area contributed by atoms with Gasteiger partial charge in [0.05, 0.1) is 5.69 Å². The Morgan fingerprint density at radius 1 is 1.33 bits per heavy atom. The van der Waals surface area contributed by atoms with E-state index in [0.717, 1.165) is 35.5 Å². The maximum absolute atomic E-state index is 6.12. The number of benzene rings is 1. The molecule has 0 amide bonds. The van der Waals surface area contributed by atoms with Gasteiger partial charge < -0.3 is 15.6 Å². The molecule has 1 aromatic carbocycles. The van der Waals surface area contributed by atoms with Crippen molar-refractivity contribution in [2.75, 3.05) is 11.9 Å². The van der Waals surface area contributed by atoms with Gasteiger partial charge in [-0.1, -0.05) is 24.2 Å². The Morgan fingerprint density at radius 3 is 2.88 bits per heavy atom. The van der Waals surface area contributed by atoms with Gasteiger partial charge in [0.25, 0.3) is 0 Å². The van der Waals surface area contributed by atoms with Crippen LogP contribution in [0, 0.1) is 13.8 Å². The molecule has 1 aliphatic rings. The molecule has 1 unspecified atom stereocenters. The van der Waals surface area contributed by atoms with Crippen molar-refractivity contribution in [2.24, 2.45) is 10.7 Å². The van der Waals surface area contributed by atoms with Crippen molar-refractivity contribution in [1.29, 1.82) is 0 Å². The van der Waals surface area contributed by atoms with Crippen LogP contribution in [0.25, 0.3) is 0 Å². The molecule has 2 aromatic rings. The molecule has 0 fully saturated rings. The van der Waals surface area contributed by atoms with Gasteiger partial charge in [-0.3, -0.25) is 4.99 Å². The van der Waals surface area contributed by atoms with E-state index in [1.165, 1.54) is 24.0 Å². The van der Waals surface area contributed by atoms with Crippen LogP contribution in [-0.2, 0) is 12.8 Å². The second kappa shape index (κ2) is 7.07. The van der Waals surface area contributed by atoms with Crippen LogP contribution in [0.5, 0.6) is 0 Å². The summed E-state index contributed by atoms with van der Waals surface area (Å²) in [6.07, 6.45) is 4.78. The van der Waals surface area contributed by atoms with Crippen LogP contribution in [0.15, 0.2) is 27.7 Å². The number of aromatic nitrogens is 1. The van der Waals surface area contributed by atoms with E-state index in [1.807, 2.05) is 13.8 Å². The SMILES string of the molecule is Cc1noc(C)c1C(C)CN=C(N)Nc1cccc2c1CCCC2. The van der Waals surface area contributed by atoms with Crippen LogP contribution >= 0.6 is 0 Å². The van der Waals surface area contributed by atoms with Crippen molar-refractivity contribution in [2.45, 2.75) is 52.4 Å². The number of anilines is 1. The number of aryl methyl sites for hydroxylation is 3. The first-order valence-corrected chi connectivity index (χ1v) is 8.66. The number of nitrogens with two attached hydrogens (primary N) is 1. The zero-order chi connectivity index (χ0) is 17.1. The van der Waals surface area contributed by atoms with E-state index in [0.29, 0.717) is 12.5 Å².